The van der Waals surface area contributed by atoms with Crippen LogP contribution in [0.2, 0.25) is 0 Å². The third-order valence-electron chi connectivity index (χ3n) is 6.09. The fourth-order valence-corrected chi connectivity index (χ4v) is 4.89. The van der Waals surface area contributed by atoms with E-state index in [1.807, 2.05) is 0 Å². The summed E-state index contributed by atoms with van der Waals surface area (Å²) in [4.78, 5) is 16.6. The smallest absolute Gasteiger partial charge is 0.434 e. The molecule has 2 aromatic carbocycles. The van der Waals surface area contributed by atoms with Gasteiger partial charge in [-0.2, -0.15) is 13.2 Å². The number of aryl methyl sites for hydroxylation is 2. The van der Waals surface area contributed by atoms with E-state index in [-0.39, 0.29) is 22.5 Å². The molecule has 0 spiro atoms. The van der Waals surface area contributed by atoms with E-state index in [2.05, 4.69) is 19.9 Å². The number of hydrogen-bond acceptors (Lipinski definition) is 8. The highest BCUT2D eigenvalue weighted by molar-refractivity contribution is 7.90. The Morgan fingerprint density at radius 3 is 2.27 bits per heavy atom. The van der Waals surface area contributed by atoms with Crippen LogP contribution in [-0.2, 0) is 16.0 Å². The molecule has 0 aliphatic rings. The Morgan fingerprint density at radius 1 is 0.950 bits per heavy atom. The number of ether oxygens (including phenoxy) is 1. The van der Waals surface area contributed by atoms with Crippen molar-refractivity contribution in [2.45, 2.75) is 24.9 Å². The van der Waals surface area contributed by atoms with Crippen LogP contribution in [0, 0.1) is 13.8 Å². The molecule has 3 heterocycles. The maximum atomic E-state index is 13.5. The molecular weight excluding hydrogens is 547 g/mol. The van der Waals surface area contributed by atoms with Gasteiger partial charge < -0.3 is 13.7 Å². The van der Waals surface area contributed by atoms with Crippen LogP contribution in [0.1, 0.15) is 17.4 Å². The van der Waals surface area contributed by atoms with Crippen molar-refractivity contribution in [1.29, 1.82) is 0 Å². The summed E-state index contributed by atoms with van der Waals surface area (Å²) in [6, 6.07) is 11.6. The maximum Gasteiger partial charge on any atom is 0.434 e. The summed E-state index contributed by atoms with van der Waals surface area (Å²) in [5.74, 6) is 0.696. The normalized spacial score (nSPS) is 12.1. The number of aromatic nitrogens is 5. The first-order valence-corrected chi connectivity index (χ1v) is 13.7. The molecule has 9 nitrogen and oxygen atoms in total. The summed E-state index contributed by atoms with van der Waals surface area (Å²) >= 11 is 0. The molecule has 0 aliphatic heterocycles. The first-order valence-electron chi connectivity index (χ1n) is 11.8. The van der Waals surface area contributed by atoms with Gasteiger partial charge in [0.15, 0.2) is 27.2 Å². The van der Waals surface area contributed by atoms with E-state index in [1.165, 1.54) is 43.1 Å². The zero-order valence-corrected chi connectivity index (χ0v) is 22.5. The van der Waals surface area contributed by atoms with E-state index in [0.29, 0.717) is 39.5 Å². The van der Waals surface area contributed by atoms with Gasteiger partial charge in [-0.3, -0.25) is 0 Å². The summed E-state index contributed by atoms with van der Waals surface area (Å²) in [5.41, 5.74) is 1.71. The Bertz CT molecular complexity index is 1830. The van der Waals surface area contributed by atoms with E-state index in [4.69, 9.17) is 9.15 Å². The van der Waals surface area contributed by atoms with Crippen LogP contribution in [0.5, 0.6) is 6.01 Å². The highest BCUT2D eigenvalue weighted by Gasteiger charge is 2.35. The molecule has 0 saturated heterocycles. The number of sulfone groups is 1. The molecule has 0 aliphatic carbocycles. The minimum absolute atomic E-state index is 0.106. The quantitative estimate of drug-likeness (QED) is 0.256. The predicted octanol–water partition coefficient (Wildman–Crippen LogP) is 5.70. The number of rotatable bonds is 6. The fraction of sp³-hybridized carbons (Fsp3) is 0.185. The fourth-order valence-electron chi connectivity index (χ4n) is 4.22. The third kappa shape index (κ3) is 5.19. The van der Waals surface area contributed by atoms with Crippen molar-refractivity contribution in [3.05, 3.63) is 78.5 Å². The Labute approximate surface area is 227 Å². The van der Waals surface area contributed by atoms with Crippen molar-refractivity contribution >= 4 is 9.84 Å². The van der Waals surface area contributed by atoms with Crippen molar-refractivity contribution in [3.63, 3.8) is 0 Å². The second kappa shape index (κ2) is 9.90. The molecule has 13 heteroatoms. The molecule has 40 heavy (non-hydrogen) atoms. The summed E-state index contributed by atoms with van der Waals surface area (Å²) in [7, 11) is -2.05. The Balaban J connectivity index is 1.76. The molecule has 0 unspecified atom stereocenters. The van der Waals surface area contributed by atoms with E-state index in [0.717, 1.165) is 12.5 Å². The van der Waals surface area contributed by atoms with Gasteiger partial charge in [-0.1, -0.05) is 18.2 Å². The third-order valence-corrected chi connectivity index (χ3v) is 7.20. The predicted molar refractivity (Wildman–Crippen MR) is 140 cm³/mol. The highest BCUT2D eigenvalue weighted by atomic mass is 32.2. The van der Waals surface area contributed by atoms with Gasteiger partial charge in [0, 0.05) is 37.3 Å². The van der Waals surface area contributed by atoms with E-state index in [1.54, 1.807) is 37.3 Å². The van der Waals surface area contributed by atoms with Crippen LogP contribution < -0.4 is 4.74 Å². The molecular formula is C27H22F3N5O4S. The summed E-state index contributed by atoms with van der Waals surface area (Å²) in [5, 5.41) is 0. The van der Waals surface area contributed by atoms with Crippen molar-refractivity contribution in [1.82, 2.24) is 24.5 Å². The first kappa shape index (κ1) is 27.1. The molecule has 0 amide bonds. The zero-order chi connectivity index (χ0) is 28.8. The van der Waals surface area contributed by atoms with Crippen LogP contribution in [0.3, 0.4) is 0 Å². The van der Waals surface area contributed by atoms with Crippen LogP contribution >= 0.6 is 0 Å². The average Bonchev–Trinajstić information content (AvgIpc) is 3.50. The summed E-state index contributed by atoms with van der Waals surface area (Å²) in [6.45, 7) is 3.11. The number of methoxy groups -OCH3 is 1. The molecule has 3 aromatic heterocycles. The van der Waals surface area contributed by atoms with Gasteiger partial charge in [-0.05, 0) is 42.3 Å². The van der Waals surface area contributed by atoms with Crippen LogP contribution in [0.4, 0.5) is 13.2 Å². The Kier molecular flexibility index (Phi) is 6.70. The SMILES string of the molecule is COc1ncc(-c2oc(C)nc2-c2cc(-c3cccc(S(C)(=O)=O)c3)ccc2-n2cc(C(F)(F)F)nc2C)cn1. The van der Waals surface area contributed by atoms with E-state index in [9.17, 15) is 21.6 Å². The lowest BCUT2D eigenvalue weighted by Crippen LogP contribution is -2.05. The molecule has 0 N–H and O–H groups in total. The Hall–Kier alpha value is -4.52. The average molecular weight is 570 g/mol. The number of oxazole rings is 1. The molecule has 206 valence electrons. The van der Waals surface area contributed by atoms with Gasteiger partial charge in [-0.25, -0.2) is 28.4 Å². The number of nitrogens with zero attached hydrogens (tertiary/aromatic N) is 5. The minimum atomic E-state index is -4.64. The van der Waals surface area contributed by atoms with Crippen molar-refractivity contribution in [2.75, 3.05) is 13.4 Å². The topological polar surface area (TPSA) is 113 Å². The van der Waals surface area contributed by atoms with E-state index >= 15 is 0 Å². The van der Waals surface area contributed by atoms with Crippen LogP contribution in [-0.4, -0.2) is 46.3 Å². The van der Waals surface area contributed by atoms with Crippen molar-refractivity contribution in [2.24, 2.45) is 0 Å². The largest absolute Gasteiger partial charge is 0.467 e. The number of imidazole rings is 1. The molecule has 0 saturated carbocycles. The molecule has 0 bridgehead atoms. The number of alkyl halides is 3. The van der Waals surface area contributed by atoms with Gasteiger partial charge >= 0.3 is 12.2 Å². The molecule has 5 aromatic rings. The monoisotopic (exact) mass is 569 g/mol. The van der Waals surface area contributed by atoms with Crippen LogP contribution in [0.25, 0.3) is 39.4 Å². The lowest BCUT2D eigenvalue weighted by Gasteiger charge is -2.14. The lowest BCUT2D eigenvalue weighted by atomic mass is 9.98. The van der Waals surface area contributed by atoms with Crippen LogP contribution in [0.15, 0.2) is 70.4 Å². The number of halogens is 3. The number of hydrogen-bond donors (Lipinski definition) is 0. The first-order chi connectivity index (χ1) is 18.8. The van der Waals surface area contributed by atoms with E-state index < -0.39 is 21.7 Å². The zero-order valence-electron chi connectivity index (χ0n) is 21.7. The minimum Gasteiger partial charge on any atom is -0.467 e. The van der Waals surface area contributed by atoms with Gasteiger partial charge in [0.25, 0.3) is 0 Å². The summed E-state index contributed by atoms with van der Waals surface area (Å²) < 4.78 is 77.1. The standard InChI is InChI=1S/C27H22F3N5O4S/c1-15-33-23(27(28,29)30)14-35(15)22-9-8-18(17-6-5-7-20(10-17)40(4,36)37)11-21(22)24-25(39-16(2)34-24)19-12-31-26(38-3)32-13-19/h5-14H,1-4H3. The van der Waals surface area contributed by atoms with Gasteiger partial charge in [0.2, 0.25) is 0 Å². The Morgan fingerprint density at radius 2 is 1.65 bits per heavy atom. The van der Waals surface area contributed by atoms with Crippen molar-refractivity contribution in [3.8, 4) is 45.4 Å². The summed E-state index contributed by atoms with van der Waals surface area (Å²) in [6.07, 6.45) is 0.360. The second-order valence-corrected chi connectivity index (χ2v) is 11.0. The highest BCUT2D eigenvalue weighted by Crippen LogP contribution is 2.39. The van der Waals surface area contributed by atoms with Gasteiger partial charge in [-0.15, -0.1) is 0 Å². The molecule has 0 radical (unpaired) electrons. The molecule has 0 atom stereocenters. The van der Waals surface area contributed by atoms with Gasteiger partial charge in [0.1, 0.15) is 11.5 Å². The molecule has 5 rings (SSSR count). The second-order valence-electron chi connectivity index (χ2n) is 8.94. The molecule has 0 fully saturated rings. The number of benzene rings is 2. The lowest BCUT2D eigenvalue weighted by molar-refractivity contribution is -0.141. The van der Waals surface area contributed by atoms with Gasteiger partial charge in [0.05, 0.1) is 23.3 Å². The van der Waals surface area contributed by atoms with Crippen molar-refractivity contribution < 1.29 is 30.7 Å². The maximum absolute atomic E-state index is 13.5.